The summed E-state index contributed by atoms with van der Waals surface area (Å²) in [7, 11) is 0. The molecule has 3 heterocycles. The largest absolute Gasteiger partial charge is 0.439 e. The predicted octanol–water partition coefficient (Wildman–Crippen LogP) is 3.99. The molecule has 0 saturated carbocycles. The monoisotopic (exact) mass is 394 g/mol. The van der Waals surface area contributed by atoms with E-state index in [-0.39, 0.29) is 11.9 Å². The van der Waals surface area contributed by atoms with Crippen molar-refractivity contribution in [3.8, 4) is 11.6 Å². The first-order chi connectivity index (χ1) is 13.6. The second-order valence-corrected chi connectivity index (χ2v) is 7.80. The molecular formula is C21H22N4O2S. The molecule has 0 N–H and O–H groups in total. The van der Waals surface area contributed by atoms with Crippen LogP contribution in [-0.4, -0.2) is 46.5 Å². The van der Waals surface area contributed by atoms with Crippen LogP contribution in [0.3, 0.4) is 0 Å². The number of piperazine rings is 1. The quantitative estimate of drug-likeness (QED) is 0.670. The van der Waals surface area contributed by atoms with Crippen molar-refractivity contribution in [2.45, 2.75) is 19.9 Å². The number of aromatic nitrogens is 2. The van der Waals surface area contributed by atoms with Crippen molar-refractivity contribution in [3.63, 3.8) is 0 Å². The highest BCUT2D eigenvalue weighted by molar-refractivity contribution is 7.12. The standard InChI is InChI=1S/C21H22N4O2S/c1-15-6-3-4-7-17(15)27-20-12-19(22-14-23-20)24-9-10-25(16(2)13-24)21(26)18-8-5-11-28-18/h3-8,11-12,14,16H,9-10,13H2,1-2H3/t16-/m1/s1. The summed E-state index contributed by atoms with van der Waals surface area (Å²) in [4.78, 5) is 26.2. The first kappa shape index (κ1) is 18.4. The van der Waals surface area contributed by atoms with Gasteiger partial charge in [0.2, 0.25) is 5.88 Å². The van der Waals surface area contributed by atoms with E-state index in [0.717, 1.165) is 35.1 Å². The van der Waals surface area contributed by atoms with Gasteiger partial charge in [0, 0.05) is 31.7 Å². The van der Waals surface area contributed by atoms with Gasteiger partial charge in [-0.25, -0.2) is 9.97 Å². The first-order valence-electron chi connectivity index (χ1n) is 9.27. The summed E-state index contributed by atoms with van der Waals surface area (Å²) in [6.45, 7) is 6.18. The number of para-hydroxylation sites is 1. The minimum Gasteiger partial charge on any atom is -0.439 e. The molecule has 144 valence electrons. The number of ether oxygens (including phenoxy) is 1. The molecule has 1 aromatic carbocycles. The molecule has 0 bridgehead atoms. The Labute approximate surface area is 168 Å². The number of thiophene rings is 1. The number of aryl methyl sites for hydroxylation is 1. The van der Waals surface area contributed by atoms with Crippen LogP contribution in [0.25, 0.3) is 0 Å². The predicted molar refractivity (Wildman–Crippen MR) is 110 cm³/mol. The molecule has 0 spiro atoms. The highest BCUT2D eigenvalue weighted by atomic mass is 32.1. The molecule has 0 radical (unpaired) electrons. The highest BCUT2D eigenvalue weighted by Crippen LogP contribution is 2.26. The van der Waals surface area contributed by atoms with Gasteiger partial charge in [-0.05, 0) is 36.9 Å². The Kier molecular flexibility index (Phi) is 5.25. The molecule has 1 aliphatic heterocycles. The number of nitrogens with zero attached hydrogens (tertiary/aromatic N) is 4. The minimum atomic E-state index is 0.0963. The van der Waals surface area contributed by atoms with E-state index in [1.165, 1.54) is 17.7 Å². The van der Waals surface area contributed by atoms with E-state index in [1.807, 2.05) is 59.7 Å². The fourth-order valence-corrected chi connectivity index (χ4v) is 4.03. The molecule has 28 heavy (non-hydrogen) atoms. The molecule has 3 aromatic rings. The van der Waals surface area contributed by atoms with Crippen LogP contribution < -0.4 is 9.64 Å². The number of amides is 1. The normalized spacial score (nSPS) is 16.9. The Morgan fingerprint density at radius 2 is 2.04 bits per heavy atom. The lowest BCUT2D eigenvalue weighted by atomic mass is 10.2. The lowest BCUT2D eigenvalue weighted by Gasteiger charge is -2.40. The van der Waals surface area contributed by atoms with Crippen LogP contribution in [0.2, 0.25) is 0 Å². The van der Waals surface area contributed by atoms with Gasteiger partial charge in [-0.1, -0.05) is 24.3 Å². The number of anilines is 1. The van der Waals surface area contributed by atoms with Crippen LogP contribution in [0, 0.1) is 6.92 Å². The zero-order valence-electron chi connectivity index (χ0n) is 15.9. The zero-order valence-corrected chi connectivity index (χ0v) is 16.7. The summed E-state index contributed by atoms with van der Waals surface area (Å²) < 4.78 is 5.93. The molecular weight excluding hydrogens is 372 g/mol. The SMILES string of the molecule is Cc1ccccc1Oc1cc(N2CCN(C(=O)c3cccs3)[C@H](C)C2)ncn1. The van der Waals surface area contributed by atoms with Crippen LogP contribution in [0.1, 0.15) is 22.2 Å². The van der Waals surface area contributed by atoms with Gasteiger partial charge in [-0.15, -0.1) is 11.3 Å². The Morgan fingerprint density at radius 1 is 1.18 bits per heavy atom. The molecule has 0 unspecified atom stereocenters. The first-order valence-corrected chi connectivity index (χ1v) is 10.1. The summed E-state index contributed by atoms with van der Waals surface area (Å²) in [5.74, 6) is 2.22. The van der Waals surface area contributed by atoms with Gasteiger partial charge < -0.3 is 14.5 Å². The summed E-state index contributed by atoms with van der Waals surface area (Å²) in [6.07, 6.45) is 1.52. The second kappa shape index (κ2) is 7.98. The Hall–Kier alpha value is -2.93. The number of rotatable bonds is 4. The third-order valence-electron chi connectivity index (χ3n) is 4.88. The zero-order chi connectivity index (χ0) is 19.5. The number of benzene rings is 1. The van der Waals surface area contributed by atoms with Crippen molar-refractivity contribution in [1.82, 2.24) is 14.9 Å². The van der Waals surface area contributed by atoms with E-state index in [4.69, 9.17) is 4.74 Å². The summed E-state index contributed by atoms with van der Waals surface area (Å²) in [5, 5.41) is 1.94. The van der Waals surface area contributed by atoms with Crippen molar-refractivity contribution in [2.75, 3.05) is 24.5 Å². The molecule has 7 heteroatoms. The average Bonchev–Trinajstić information content (AvgIpc) is 3.24. The lowest BCUT2D eigenvalue weighted by molar-refractivity contribution is 0.0678. The average molecular weight is 395 g/mol. The highest BCUT2D eigenvalue weighted by Gasteiger charge is 2.29. The summed E-state index contributed by atoms with van der Waals surface area (Å²) in [5.41, 5.74) is 1.05. The van der Waals surface area contributed by atoms with Crippen LogP contribution >= 0.6 is 11.3 Å². The number of hydrogen-bond donors (Lipinski definition) is 0. The van der Waals surface area contributed by atoms with Crippen LogP contribution in [0.4, 0.5) is 5.82 Å². The maximum absolute atomic E-state index is 12.7. The lowest BCUT2D eigenvalue weighted by Crippen LogP contribution is -2.54. The number of carbonyl (C=O) groups excluding carboxylic acids is 1. The minimum absolute atomic E-state index is 0.0963. The van der Waals surface area contributed by atoms with E-state index in [1.54, 1.807) is 0 Å². The Bertz CT molecular complexity index is 961. The van der Waals surface area contributed by atoms with Gasteiger partial charge >= 0.3 is 0 Å². The number of hydrogen-bond acceptors (Lipinski definition) is 6. The van der Waals surface area contributed by atoms with Gasteiger partial charge in [0.15, 0.2) is 0 Å². The molecule has 1 amide bonds. The third-order valence-corrected chi connectivity index (χ3v) is 5.74. The van der Waals surface area contributed by atoms with Crippen LogP contribution in [0.5, 0.6) is 11.6 Å². The van der Waals surface area contributed by atoms with E-state index >= 15 is 0 Å². The van der Waals surface area contributed by atoms with Crippen molar-refractivity contribution >= 4 is 23.1 Å². The van der Waals surface area contributed by atoms with E-state index in [9.17, 15) is 4.79 Å². The van der Waals surface area contributed by atoms with Crippen molar-refractivity contribution in [2.24, 2.45) is 0 Å². The molecule has 0 aliphatic carbocycles. The Balaban J connectivity index is 1.46. The molecule has 1 atom stereocenters. The molecule has 4 rings (SSSR count). The summed E-state index contributed by atoms with van der Waals surface area (Å²) >= 11 is 1.49. The fraction of sp³-hybridized carbons (Fsp3) is 0.286. The van der Waals surface area contributed by atoms with Crippen molar-refractivity contribution < 1.29 is 9.53 Å². The van der Waals surface area contributed by atoms with Crippen molar-refractivity contribution in [3.05, 3.63) is 64.6 Å². The number of carbonyl (C=O) groups is 1. The molecule has 1 fully saturated rings. The second-order valence-electron chi connectivity index (χ2n) is 6.85. The molecule has 2 aromatic heterocycles. The Morgan fingerprint density at radius 3 is 2.79 bits per heavy atom. The van der Waals surface area contributed by atoms with E-state index in [2.05, 4.69) is 21.8 Å². The summed E-state index contributed by atoms with van der Waals surface area (Å²) in [6, 6.07) is 13.6. The third kappa shape index (κ3) is 3.84. The topological polar surface area (TPSA) is 58.6 Å². The van der Waals surface area contributed by atoms with E-state index in [0.29, 0.717) is 12.4 Å². The van der Waals surface area contributed by atoms with Crippen LogP contribution in [-0.2, 0) is 0 Å². The maximum atomic E-state index is 12.7. The van der Waals surface area contributed by atoms with Gasteiger partial charge in [0.25, 0.3) is 5.91 Å². The molecule has 6 nitrogen and oxygen atoms in total. The maximum Gasteiger partial charge on any atom is 0.264 e. The van der Waals surface area contributed by atoms with E-state index < -0.39 is 0 Å². The van der Waals surface area contributed by atoms with Crippen molar-refractivity contribution in [1.29, 1.82) is 0 Å². The smallest absolute Gasteiger partial charge is 0.264 e. The molecule has 1 saturated heterocycles. The van der Waals surface area contributed by atoms with Gasteiger partial charge in [0.1, 0.15) is 17.9 Å². The van der Waals surface area contributed by atoms with Gasteiger partial charge in [0.05, 0.1) is 4.88 Å². The van der Waals surface area contributed by atoms with Gasteiger partial charge in [-0.3, -0.25) is 4.79 Å². The van der Waals surface area contributed by atoms with Crippen LogP contribution in [0.15, 0.2) is 54.2 Å². The fourth-order valence-electron chi connectivity index (χ4n) is 3.35. The molecule has 1 aliphatic rings. The van der Waals surface area contributed by atoms with Gasteiger partial charge in [-0.2, -0.15) is 0 Å².